The van der Waals surface area contributed by atoms with Gasteiger partial charge in [0.05, 0.1) is 23.6 Å². The number of aromatic nitrogens is 10. The average Bonchev–Trinajstić information content (AvgIpc) is 4.04. The van der Waals surface area contributed by atoms with Gasteiger partial charge in [0.25, 0.3) is 0 Å². The van der Waals surface area contributed by atoms with E-state index < -0.39 is 0 Å². The number of H-pyrrole nitrogens is 2. The van der Waals surface area contributed by atoms with Crippen LogP contribution in [0.5, 0.6) is 0 Å². The van der Waals surface area contributed by atoms with Gasteiger partial charge in [0.1, 0.15) is 11.0 Å². The summed E-state index contributed by atoms with van der Waals surface area (Å²) in [5.74, 6) is 2.04. The Labute approximate surface area is 337 Å². The molecule has 8 aromatic heterocycles. The molecule has 0 saturated heterocycles. The third kappa shape index (κ3) is 11.5. The SMILES string of the molecule is CC(C)c1[nH]nc2cccnc12.CC(C)c1cc2c(cn1)C=CC2.CC(C)c1cc2cc[nH]c2cn1.CC(C)c1ccccn1.CC(C)n1ncc2cccnc21. The van der Waals surface area contributed by atoms with E-state index in [0.717, 1.165) is 51.1 Å². The lowest BCUT2D eigenvalue weighted by molar-refractivity contribution is 0.546. The van der Waals surface area contributed by atoms with Crippen LogP contribution in [0.3, 0.4) is 0 Å². The Bertz CT molecular complexity index is 2370. The number of hydrogen-bond acceptors (Lipinski definition) is 7. The predicted octanol–water partition coefficient (Wildman–Crippen LogP) is 11.8. The molecule has 57 heavy (non-hydrogen) atoms. The second-order valence-electron chi connectivity index (χ2n) is 15.6. The third-order valence-electron chi connectivity index (χ3n) is 9.36. The largest absolute Gasteiger partial charge is 0.360 e. The molecule has 0 aromatic carbocycles. The first-order valence-electron chi connectivity index (χ1n) is 20.0. The zero-order chi connectivity index (χ0) is 40.9. The molecule has 0 fully saturated rings. The number of rotatable bonds is 5. The topological polar surface area (TPSA) is 127 Å². The smallest absolute Gasteiger partial charge is 0.157 e. The molecule has 10 heteroatoms. The molecule has 8 heterocycles. The lowest BCUT2D eigenvalue weighted by Gasteiger charge is -2.05. The number of nitrogens with one attached hydrogen (secondary N) is 2. The molecule has 1 aliphatic carbocycles. The van der Waals surface area contributed by atoms with E-state index in [1.54, 1.807) is 12.4 Å². The van der Waals surface area contributed by atoms with Gasteiger partial charge in [0.2, 0.25) is 0 Å². The van der Waals surface area contributed by atoms with E-state index in [4.69, 9.17) is 0 Å². The zero-order valence-electron chi connectivity index (χ0n) is 35.1. The van der Waals surface area contributed by atoms with E-state index in [2.05, 4.69) is 145 Å². The molecule has 296 valence electrons. The maximum absolute atomic E-state index is 4.40. The van der Waals surface area contributed by atoms with Crippen molar-refractivity contribution in [3.8, 4) is 0 Å². The molecule has 0 aliphatic heterocycles. The number of hydrogen-bond donors (Lipinski definition) is 2. The van der Waals surface area contributed by atoms with Gasteiger partial charge in [-0.25, -0.2) is 9.67 Å². The van der Waals surface area contributed by atoms with Gasteiger partial charge in [-0.3, -0.25) is 25.0 Å². The summed E-state index contributed by atoms with van der Waals surface area (Å²) in [4.78, 5) is 24.6. The normalized spacial score (nSPS) is 11.6. The second kappa shape index (κ2) is 20.2. The van der Waals surface area contributed by atoms with Crippen LogP contribution in [0.1, 0.15) is 133 Å². The number of pyridine rings is 5. The molecule has 0 unspecified atom stereocenters. The summed E-state index contributed by atoms with van der Waals surface area (Å²) in [6.45, 7) is 21.4. The highest BCUT2D eigenvalue weighted by Crippen LogP contribution is 2.23. The lowest BCUT2D eigenvalue weighted by atomic mass is 10.1. The van der Waals surface area contributed by atoms with E-state index >= 15 is 0 Å². The molecule has 8 aromatic rings. The maximum Gasteiger partial charge on any atom is 0.157 e. The fraction of sp³-hybridized carbons (Fsp3) is 0.340. The summed E-state index contributed by atoms with van der Waals surface area (Å²) in [5.41, 5.74) is 11.4. The Hall–Kier alpha value is -6.03. The minimum atomic E-state index is 0.373. The van der Waals surface area contributed by atoms with Crippen molar-refractivity contribution in [2.45, 2.75) is 105 Å². The van der Waals surface area contributed by atoms with Gasteiger partial charge in [0.15, 0.2) is 5.65 Å². The highest BCUT2D eigenvalue weighted by Gasteiger charge is 2.10. The van der Waals surface area contributed by atoms with Crippen molar-refractivity contribution >= 4 is 39.0 Å². The van der Waals surface area contributed by atoms with Crippen LogP contribution in [0, 0.1) is 0 Å². The van der Waals surface area contributed by atoms with Crippen LogP contribution in [0.4, 0.5) is 0 Å². The highest BCUT2D eigenvalue weighted by molar-refractivity contribution is 5.79. The molecule has 0 bridgehead atoms. The van der Waals surface area contributed by atoms with Crippen LogP contribution in [0.25, 0.3) is 39.0 Å². The van der Waals surface area contributed by atoms with E-state index in [1.807, 2.05) is 78.1 Å². The van der Waals surface area contributed by atoms with Gasteiger partial charge < -0.3 is 4.98 Å². The van der Waals surface area contributed by atoms with E-state index in [9.17, 15) is 0 Å². The second-order valence-corrected chi connectivity index (χ2v) is 15.6. The van der Waals surface area contributed by atoms with E-state index in [0.29, 0.717) is 29.7 Å². The van der Waals surface area contributed by atoms with Gasteiger partial charge in [-0.1, -0.05) is 73.6 Å². The first kappa shape index (κ1) is 42.1. The Morgan fingerprint density at radius 1 is 0.614 bits per heavy atom. The van der Waals surface area contributed by atoms with Crippen molar-refractivity contribution in [3.05, 3.63) is 144 Å². The van der Waals surface area contributed by atoms with Crippen molar-refractivity contribution in [2.24, 2.45) is 0 Å². The molecule has 1 aliphatic rings. The summed E-state index contributed by atoms with van der Waals surface area (Å²) in [5, 5.41) is 13.7. The van der Waals surface area contributed by atoms with Crippen LogP contribution in [-0.2, 0) is 6.42 Å². The zero-order valence-corrected chi connectivity index (χ0v) is 35.1. The summed E-state index contributed by atoms with van der Waals surface area (Å²) >= 11 is 0. The molecule has 10 nitrogen and oxygen atoms in total. The summed E-state index contributed by atoms with van der Waals surface area (Å²) in [6.07, 6.45) is 18.5. The van der Waals surface area contributed by atoms with E-state index in [-0.39, 0.29) is 0 Å². The fourth-order valence-corrected chi connectivity index (χ4v) is 6.01. The number of fused-ring (bicyclic) bond motifs is 4. The number of nitrogens with zero attached hydrogens (tertiary/aromatic N) is 8. The summed E-state index contributed by atoms with van der Waals surface area (Å²) in [6, 6.07) is 20.6. The van der Waals surface area contributed by atoms with Crippen molar-refractivity contribution in [1.82, 2.24) is 49.9 Å². The van der Waals surface area contributed by atoms with Gasteiger partial charge in [-0.05, 0) is 110 Å². The molecule has 0 amide bonds. The fourth-order valence-electron chi connectivity index (χ4n) is 6.01. The van der Waals surface area contributed by atoms with Crippen LogP contribution >= 0.6 is 0 Å². The highest BCUT2D eigenvalue weighted by atomic mass is 15.3. The molecule has 0 atom stereocenters. The standard InChI is InChI=1S/C11H13N.C10H12N2.2C9H11N3.C8H11N/c1-8(2)11-6-9-4-3-5-10(9)7-12-11;1-7(2)9-5-8-3-4-11-10(8)6-12-9;1-7(2)12-9-8(6-11-12)4-3-5-10-9;1-6(2)8-9-7(11-12-8)4-3-5-10-9;1-7(2)8-5-3-4-6-9-8/h3,5-8H,4H2,1-2H3;3-7,11H,1-2H3;3-7H,1-2H3;3-6H,1-2H3,(H,11,12);3-7H,1-2H3. The third-order valence-corrected chi connectivity index (χ3v) is 9.36. The van der Waals surface area contributed by atoms with Crippen molar-refractivity contribution < 1.29 is 0 Å². The average molecular weight is 763 g/mol. The predicted molar refractivity (Wildman–Crippen MR) is 235 cm³/mol. The number of allylic oxidation sites excluding steroid dienone is 1. The van der Waals surface area contributed by atoms with Crippen molar-refractivity contribution in [1.29, 1.82) is 0 Å². The van der Waals surface area contributed by atoms with Gasteiger partial charge >= 0.3 is 0 Å². The van der Waals surface area contributed by atoms with Gasteiger partial charge in [-0.15, -0.1) is 0 Å². The Morgan fingerprint density at radius 3 is 2.00 bits per heavy atom. The van der Waals surface area contributed by atoms with E-state index in [1.165, 1.54) is 22.2 Å². The Balaban J connectivity index is 0.000000137. The Morgan fingerprint density at radius 2 is 1.32 bits per heavy atom. The molecule has 0 saturated carbocycles. The molecule has 0 spiro atoms. The first-order chi connectivity index (χ1) is 27.4. The summed E-state index contributed by atoms with van der Waals surface area (Å²) < 4.78 is 1.93. The number of aromatic amines is 2. The van der Waals surface area contributed by atoms with Gasteiger partial charge in [-0.2, -0.15) is 10.2 Å². The maximum atomic E-state index is 4.40. The minimum Gasteiger partial charge on any atom is -0.360 e. The molecular formula is C47H58N10. The lowest BCUT2D eigenvalue weighted by Crippen LogP contribution is -2.02. The van der Waals surface area contributed by atoms with Crippen LogP contribution < -0.4 is 0 Å². The Kier molecular flexibility index (Phi) is 14.9. The van der Waals surface area contributed by atoms with Gasteiger partial charge in [0, 0.05) is 64.9 Å². The van der Waals surface area contributed by atoms with Crippen LogP contribution in [-0.4, -0.2) is 49.9 Å². The molecule has 9 rings (SSSR count). The minimum absolute atomic E-state index is 0.373. The van der Waals surface area contributed by atoms with Crippen LogP contribution in [0.15, 0.2) is 110 Å². The molecule has 0 radical (unpaired) electrons. The molecule has 2 N–H and O–H groups in total. The van der Waals surface area contributed by atoms with Crippen molar-refractivity contribution in [3.63, 3.8) is 0 Å². The molecular weight excluding hydrogens is 705 g/mol. The first-order valence-corrected chi connectivity index (χ1v) is 20.0. The van der Waals surface area contributed by atoms with Crippen LogP contribution in [0.2, 0.25) is 0 Å². The summed E-state index contributed by atoms with van der Waals surface area (Å²) in [7, 11) is 0. The van der Waals surface area contributed by atoms with Crippen molar-refractivity contribution in [2.75, 3.05) is 0 Å². The monoisotopic (exact) mass is 762 g/mol. The quantitative estimate of drug-likeness (QED) is 0.179.